The van der Waals surface area contributed by atoms with Crippen molar-refractivity contribution in [3.8, 4) is 5.75 Å². The number of fused-ring (bicyclic) bond motifs is 2. The second kappa shape index (κ2) is 9.13. The SMILES string of the molecule is CCC(=O)Nc1nc2cc(NC(=O)CN3C(=O)[C@@H](CC)Oc4ccc(Cl)cc43)ccc2s1. The van der Waals surface area contributed by atoms with Crippen molar-refractivity contribution in [2.75, 3.05) is 22.1 Å². The molecule has 1 atom stereocenters. The second-order valence-electron chi connectivity index (χ2n) is 7.20. The Morgan fingerprint density at radius 2 is 1.97 bits per heavy atom. The Morgan fingerprint density at radius 3 is 2.72 bits per heavy atom. The average Bonchev–Trinajstić information content (AvgIpc) is 3.17. The highest BCUT2D eigenvalue weighted by atomic mass is 35.5. The van der Waals surface area contributed by atoms with E-state index in [1.165, 1.54) is 16.2 Å². The van der Waals surface area contributed by atoms with Crippen LogP contribution in [0.4, 0.5) is 16.5 Å². The minimum absolute atomic E-state index is 0.112. The first-order valence-corrected chi connectivity index (χ1v) is 11.3. The molecule has 1 aromatic heterocycles. The van der Waals surface area contributed by atoms with Crippen LogP contribution < -0.4 is 20.3 Å². The van der Waals surface area contributed by atoms with Crippen LogP contribution in [0.3, 0.4) is 0 Å². The molecule has 1 aliphatic rings. The van der Waals surface area contributed by atoms with Crippen LogP contribution in [0.25, 0.3) is 10.2 Å². The van der Waals surface area contributed by atoms with Gasteiger partial charge in [0.15, 0.2) is 11.2 Å². The molecule has 32 heavy (non-hydrogen) atoms. The van der Waals surface area contributed by atoms with E-state index in [4.69, 9.17) is 16.3 Å². The van der Waals surface area contributed by atoms with Gasteiger partial charge < -0.3 is 15.4 Å². The molecule has 0 radical (unpaired) electrons. The Balaban J connectivity index is 1.52. The van der Waals surface area contributed by atoms with Gasteiger partial charge in [-0.3, -0.25) is 19.3 Å². The highest BCUT2D eigenvalue weighted by Crippen LogP contribution is 2.37. The first kappa shape index (κ1) is 22.0. The highest BCUT2D eigenvalue weighted by Gasteiger charge is 2.34. The van der Waals surface area contributed by atoms with E-state index in [-0.39, 0.29) is 24.3 Å². The molecule has 2 heterocycles. The van der Waals surface area contributed by atoms with Crippen LogP contribution in [0, 0.1) is 0 Å². The van der Waals surface area contributed by atoms with Gasteiger partial charge in [-0.1, -0.05) is 36.8 Å². The van der Waals surface area contributed by atoms with E-state index in [0.29, 0.717) is 45.6 Å². The van der Waals surface area contributed by atoms with Crippen molar-refractivity contribution in [1.29, 1.82) is 0 Å². The molecule has 0 fully saturated rings. The van der Waals surface area contributed by atoms with Crippen molar-refractivity contribution in [3.63, 3.8) is 0 Å². The molecule has 8 nitrogen and oxygen atoms in total. The molecule has 4 rings (SSSR count). The lowest BCUT2D eigenvalue weighted by atomic mass is 10.1. The number of aromatic nitrogens is 1. The van der Waals surface area contributed by atoms with Crippen LogP contribution in [0.1, 0.15) is 26.7 Å². The number of hydrogen-bond donors (Lipinski definition) is 2. The molecular formula is C22H21ClN4O4S. The highest BCUT2D eigenvalue weighted by molar-refractivity contribution is 7.22. The maximum atomic E-state index is 12.8. The number of carbonyl (C=O) groups excluding carboxylic acids is 3. The summed E-state index contributed by atoms with van der Waals surface area (Å²) in [4.78, 5) is 43.0. The fraction of sp³-hybridized carbons (Fsp3) is 0.273. The third kappa shape index (κ3) is 4.53. The van der Waals surface area contributed by atoms with Gasteiger partial charge >= 0.3 is 0 Å². The number of nitrogens with one attached hydrogen (secondary N) is 2. The van der Waals surface area contributed by atoms with E-state index in [1.807, 2.05) is 13.0 Å². The van der Waals surface area contributed by atoms with Crippen molar-refractivity contribution in [1.82, 2.24) is 4.98 Å². The summed E-state index contributed by atoms with van der Waals surface area (Å²) >= 11 is 7.46. The molecule has 0 bridgehead atoms. The van der Waals surface area contributed by atoms with Gasteiger partial charge in [0.05, 0.1) is 15.9 Å². The summed E-state index contributed by atoms with van der Waals surface area (Å²) in [5.41, 5.74) is 1.67. The number of nitrogens with zero attached hydrogens (tertiary/aromatic N) is 2. The van der Waals surface area contributed by atoms with Crippen LogP contribution in [-0.2, 0) is 14.4 Å². The summed E-state index contributed by atoms with van der Waals surface area (Å²) in [5.74, 6) is -0.253. The number of rotatable bonds is 6. The van der Waals surface area contributed by atoms with Gasteiger partial charge in [-0.2, -0.15) is 0 Å². The zero-order valence-corrected chi connectivity index (χ0v) is 19.0. The lowest BCUT2D eigenvalue weighted by Gasteiger charge is -2.33. The molecule has 0 saturated heterocycles. The predicted octanol–water partition coefficient (Wildman–Crippen LogP) is 4.44. The van der Waals surface area contributed by atoms with Gasteiger partial charge in [0.25, 0.3) is 5.91 Å². The zero-order chi connectivity index (χ0) is 22.8. The number of benzene rings is 2. The van der Waals surface area contributed by atoms with E-state index in [1.54, 1.807) is 37.3 Å². The monoisotopic (exact) mass is 472 g/mol. The fourth-order valence-electron chi connectivity index (χ4n) is 3.33. The average molecular weight is 473 g/mol. The van der Waals surface area contributed by atoms with E-state index in [0.717, 1.165) is 4.70 Å². The van der Waals surface area contributed by atoms with Crippen molar-refractivity contribution >= 4 is 67.4 Å². The van der Waals surface area contributed by atoms with Crippen molar-refractivity contribution in [2.45, 2.75) is 32.8 Å². The largest absolute Gasteiger partial charge is 0.478 e. The third-order valence-electron chi connectivity index (χ3n) is 4.93. The lowest BCUT2D eigenvalue weighted by Crippen LogP contribution is -2.48. The summed E-state index contributed by atoms with van der Waals surface area (Å²) in [6.45, 7) is 3.44. The summed E-state index contributed by atoms with van der Waals surface area (Å²) in [6, 6.07) is 10.3. The number of carbonyl (C=O) groups is 3. The first-order chi connectivity index (χ1) is 15.4. The molecule has 0 aliphatic carbocycles. The number of anilines is 3. The van der Waals surface area contributed by atoms with E-state index in [9.17, 15) is 14.4 Å². The lowest BCUT2D eigenvalue weighted by molar-refractivity contribution is -0.128. The fourth-order valence-corrected chi connectivity index (χ4v) is 4.36. The van der Waals surface area contributed by atoms with E-state index < -0.39 is 6.10 Å². The molecule has 0 unspecified atom stereocenters. The van der Waals surface area contributed by atoms with E-state index >= 15 is 0 Å². The third-order valence-corrected chi connectivity index (χ3v) is 6.12. The minimum atomic E-state index is -0.653. The Kier molecular flexibility index (Phi) is 6.29. The normalized spacial score (nSPS) is 15.3. The van der Waals surface area contributed by atoms with Crippen LogP contribution in [-0.4, -0.2) is 35.4 Å². The van der Waals surface area contributed by atoms with Gasteiger partial charge in [-0.25, -0.2) is 4.98 Å². The van der Waals surface area contributed by atoms with Gasteiger partial charge in [-0.15, -0.1) is 0 Å². The van der Waals surface area contributed by atoms with Crippen molar-refractivity contribution in [2.24, 2.45) is 0 Å². The number of ether oxygens (including phenoxy) is 1. The molecule has 1 aliphatic heterocycles. The molecule has 2 N–H and O–H groups in total. The van der Waals surface area contributed by atoms with Crippen LogP contribution in [0.2, 0.25) is 5.02 Å². The molecule has 0 spiro atoms. The summed E-state index contributed by atoms with van der Waals surface area (Å²) in [5, 5.41) is 6.50. The van der Waals surface area contributed by atoms with Gasteiger partial charge in [-0.05, 0) is 42.8 Å². The molecule has 166 valence electrons. The smallest absolute Gasteiger partial charge is 0.268 e. The molecule has 3 amide bonds. The van der Waals surface area contributed by atoms with Crippen molar-refractivity contribution < 1.29 is 19.1 Å². The molecule has 2 aromatic carbocycles. The van der Waals surface area contributed by atoms with Crippen LogP contribution in [0.5, 0.6) is 5.75 Å². The van der Waals surface area contributed by atoms with Crippen molar-refractivity contribution in [3.05, 3.63) is 41.4 Å². The topological polar surface area (TPSA) is 101 Å². The first-order valence-electron chi connectivity index (χ1n) is 10.2. The Hall–Kier alpha value is -3.17. The predicted molar refractivity (Wildman–Crippen MR) is 126 cm³/mol. The van der Waals surface area contributed by atoms with Crippen LogP contribution >= 0.6 is 22.9 Å². The summed E-state index contributed by atoms with van der Waals surface area (Å²) < 4.78 is 6.63. The van der Waals surface area contributed by atoms with Gasteiger partial charge in [0, 0.05) is 17.1 Å². The maximum Gasteiger partial charge on any atom is 0.268 e. The maximum absolute atomic E-state index is 12.8. The molecule has 10 heteroatoms. The second-order valence-corrected chi connectivity index (χ2v) is 8.67. The van der Waals surface area contributed by atoms with E-state index in [2.05, 4.69) is 15.6 Å². The minimum Gasteiger partial charge on any atom is -0.478 e. The quantitative estimate of drug-likeness (QED) is 0.552. The number of hydrogen-bond acceptors (Lipinski definition) is 6. The molecule has 3 aromatic rings. The zero-order valence-electron chi connectivity index (χ0n) is 17.5. The van der Waals surface area contributed by atoms with Gasteiger partial charge in [0.2, 0.25) is 11.8 Å². The van der Waals surface area contributed by atoms with Gasteiger partial charge in [0.1, 0.15) is 12.3 Å². The number of halogens is 1. The number of thiazole rings is 1. The Morgan fingerprint density at radius 1 is 1.16 bits per heavy atom. The standard InChI is InChI=1S/C22H21ClN4O4S/c1-3-16-21(30)27(15-9-12(23)5-7-17(15)31-16)11-20(29)24-13-6-8-18-14(10-13)25-22(32-18)26-19(28)4-2/h5-10,16H,3-4,11H2,1-2H3,(H,24,29)(H,25,26,28)/t16-/m1/s1. The Labute approximate surface area is 193 Å². The summed E-state index contributed by atoms with van der Waals surface area (Å²) in [7, 11) is 0. The molecular weight excluding hydrogens is 452 g/mol. The molecule has 0 saturated carbocycles. The van der Waals surface area contributed by atoms with Crippen LogP contribution in [0.15, 0.2) is 36.4 Å². The number of amides is 3. The summed E-state index contributed by atoms with van der Waals surface area (Å²) in [6.07, 6.45) is 0.195. The Bertz CT molecular complexity index is 1210.